The summed E-state index contributed by atoms with van der Waals surface area (Å²) in [5, 5.41) is 5.79. The van der Waals surface area contributed by atoms with Crippen molar-refractivity contribution in [1.82, 2.24) is 5.32 Å². The molecule has 4 N–H and O–H groups in total. The molecule has 1 aromatic heterocycles. The van der Waals surface area contributed by atoms with Gasteiger partial charge in [-0.1, -0.05) is 25.1 Å². The van der Waals surface area contributed by atoms with Gasteiger partial charge in [-0.3, -0.25) is 14.4 Å². The van der Waals surface area contributed by atoms with Gasteiger partial charge in [-0.15, -0.1) is 11.3 Å². The molecule has 0 radical (unpaired) electrons. The average molecular weight is 371 g/mol. The molecule has 1 heterocycles. The number of primary amides is 1. The van der Waals surface area contributed by atoms with Crippen molar-refractivity contribution in [2.75, 3.05) is 11.9 Å². The van der Waals surface area contributed by atoms with Gasteiger partial charge in [0.15, 0.2) is 0 Å². The van der Waals surface area contributed by atoms with Crippen molar-refractivity contribution in [3.63, 3.8) is 0 Å². The number of nitrogens with two attached hydrogens (primary N) is 1. The zero-order valence-electron chi connectivity index (χ0n) is 14.5. The van der Waals surface area contributed by atoms with Crippen LogP contribution in [0.3, 0.4) is 0 Å². The van der Waals surface area contributed by atoms with E-state index in [1.54, 1.807) is 24.3 Å². The molecule has 7 heteroatoms. The van der Waals surface area contributed by atoms with Gasteiger partial charge in [0, 0.05) is 10.4 Å². The van der Waals surface area contributed by atoms with Crippen molar-refractivity contribution in [2.24, 2.45) is 11.7 Å². The van der Waals surface area contributed by atoms with Crippen LogP contribution in [-0.4, -0.2) is 24.3 Å². The summed E-state index contributed by atoms with van der Waals surface area (Å²) in [6, 6.07) is 8.67. The molecule has 6 nitrogen and oxygen atoms in total. The lowest BCUT2D eigenvalue weighted by Crippen LogP contribution is -2.33. The van der Waals surface area contributed by atoms with E-state index in [1.165, 1.54) is 11.3 Å². The fourth-order valence-corrected chi connectivity index (χ4v) is 4.55. The standard InChI is InChI=1S/C19H21N3O3S/c1-11-7-8-13-14(9-11)26-19(16(13)17(20)24)22-15(23)10-21-18(25)12-5-3-2-4-6-12/h2-6,11H,7-10H2,1H3,(H2,20,24)(H,21,25)(H,22,23). The van der Waals surface area contributed by atoms with E-state index in [-0.39, 0.29) is 18.4 Å². The Labute approximate surface area is 155 Å². The molecular formula is C19H21N3O3S. The second-order valence-electron chi connectivity index (χ2n) is 6.52. The first kappa shape index (κ1) is 18.1. The molecule has 1 aromatic carbocycles. The SMILES string of the molecule is CC1CCc2c(sc(NC(=O)CNC(=O)c3ccccc3)c2C(N)=O)C1. The number of hydrogen-bond donors (Lipinski definition) is 3. The molecule has 2 aromatic rings. The smallest absolute Gasteiger partial charge is 0.251 e. The maximum atomic E-state index is 12.2. The van der Waals surface area contributed by atoms with E-state index in [9.17, 15) is 14.4 Å². The van der Waals surface area contributed by atoms with Gasteiger partial charge >= 0.3 is 0 Å². The van der Waals surface area contributed by atoms with Gasteiger partial charge in [-0.05, 0) is 42.9 Å². The lowest BCUT2D eigenvalue weighted by molar-refractivity contribution is -0.115. The Bertz CT molecular complexity index is 845. The normalized spacial score (nSPS) is 15.8. The third-order valence-electron chi connectivity index (χ3n) is 4.46. The summed E-state index contributed by atoms with van der Waals surface area (Å²) >= 11 is 1.41. The second kappa shape index (κ2) is 7.70. The predicted molar refractivity (Wildman–Crippen MR) is 101 cm³/mol. The Hall–Kier alpha value is -2.67. The lowest BCUT2D eigenvalue weighted by atomic mass is 9.88. The van der Waals surface area contributed by atoms with E-state index in [0.717, 1.165) is 29.7 Å². The minimum absolute atomic E-state index is 0.176. The Morgan fingerprint density at radius 1 is 1.23 bits per heavy atom. The van der Waals surface area contributed by atoms with E-state index < -0.39 is 5.91 Å². The van der Waals surface area contributed by atoms with Crippen LogP contribution < -0.4 is 16.4 Å². The van der Waals surface area contributed by atoms with Crippen molar-refractivity contribution >= 4 is 34.1 Å². The van der Waals surface area contributed by atoms with Crippen LogP contribution in [0.1, 0.15) is 44.5 Å². The number of carbonyl (C=O) groups is 3. The number of carbonyl (C=O) groups excluding carboxylic acids is 3. The van der Waals surface area contributed by atoms with Crippen LogP contribution in [0, 0.1) is 5.92 Å². The third kappa shape index (κ3) is 3.94. The molecule has 1 unspecified atom stereocenters. The maximum Gasteiger partial charge on any atom is 0.251 e. The molecule has 1 aliphatic rings. The zero-order chi connectivity index (χ0) is 18.7. The molecule has 0 saturated carbocycles. The number of amides is 3. The Balaban J connectivity index is 1.68. The summed E-state index contributed by atoms with van der Waals surface area (Å²) < 4.78 is 0. The van der Waals surface area contributed by atoms with Crippen molar-refractivity contribution in [3.8, 4) is 0 Å². The van der Waals surface area contributed by atoms with Gasteiger partial charge in [0.1, 0.15) is 5.00 Å². The van der Waals surface area contributed by atoms with Crippen LogP contribution in [0.4, 0.5) is 5.00 Å². The molecule has 0 bridgehead atoms. The molecule has 1 atom stereocenters. The van der Waals surface area contributed by atoms with Crippen LogP contribution in [-0.2, 0) is 17.6 Å². The molecule has 0 saturated heterocycles. The maximum absolute atomic E-state index is 12.2. The van der Waals surface area contributed by atoms with Crippen molar-refractivity contribution < 1.29 is 14.4 Å². The van der Waals surface area contributed by atoms with Gasteiger partial charge in [0.05, 0.1) is 12.1 Å². The Kier molecular flexibility index (Phi) is 5.37. The third-order valence-corrected chi connectivity index (χ3v) is 5.63. The number of hydrogen-bond acceptors (Lipinski definition) is 4. The summed E-state index contributed by atoms with van der Waals surface area (Å²) in [6.07, 6.45) is 2.69. The fraction of sp³-hybridized carbons (Fsp3) is 0.316. The Morgan fingerprint density at radius 3 is 2.65 bits per heavy atom. The van der Waals surface area contributed by atoms with Crippen LogP contribution in [0.2, 0.25) is 0 Å². The molecule has 136 valence electrons. The number of benzene rings is 1. The second-order valence-corrected chi connectivity index (χ2v) is 7.62. The van der Waals surface area contributed by atoms with E-state index in [1.807, 2.05) is 6.07 Å². The van der Waals surface area contributed by atoms with E-state index in [2.05, 4.69) is 17.6 Å². The fourth-order valence-electron chi connectivity index (χ4n) is 3.12. The van der Waals surface area contributed by atoms with Gasteiger partial charge in [-0.2, -0.15) is 0 Å². The highest BCUT2D eigenvalue weighted by molar-refractivity contribution is 7.17. The van der Waals surface area contributed by atoms with Gasteiger partial charge < -0.3 is 16.4 Å². The minimum Gasteiger partial charge on any atom is -0.365 e. The summed E-state index contributed by atoms with van der Waals surface area (Å²) in [5.41, 5.74) is 7.40. The molecule has 0 aliphatic heterocycles. The molecule has 3 amide bonds. The number of nitrogens with one attached hydrogen (secondary N) is 2. The number of thiophene rings is 1. The molecule has 0 fully saturated rings. The van der Waals surface area contributed by atoms with Gasteiger partial charge in [-0.25, -0.2) is 0 Å². The highest BCUT2D eigenvalue weighted by atomic mass is 32.1. The van der Waals surface area contributed by atoms with Crippen molar-refractivity contribution in [3.05, 3.63) is 51.9 Å². The zero-order valence-corrected chi connectivity index (χ0v) is 15.3. The van der Waals surface area contributed by atoms with Crippen LogP contribution in [0.25, 0.3) is 0 Å². The number of fused-ring (bicyclic) bond motifs is 1. The first-order valence-corrected chi connectivity index (χ1v) is 9.34. The highest BCUT2D eigenvalue weighted by Gasteiger charge is 2.27. The van der Waals surface area contributed by atoms with Gasteiger partial charge in [0.2, 0.25) is 5.91 Å². The quantitative estimate of drug-likeness (QED) is 0.752. The minimum atomic E-state index is -0.527. The van der Waals surface area contributed by atoms with Crippen molar-refractivity contribution in [2.45, 2.75) is 26.2 Å². The molecule has 1 aliphatic carbocycles. The molecule has 3 rings (SSSR count). The molecule has 0 spiro atoms. The summed E-state index contributed by atoms with van der Waals surface area (Å²) in [4.78, 5) is 37.2. The lowest BCUT2D eigenvalue weighted by Gasteiger charge is -2.18. The van der Waals surface area contributed by atoms with Crippen molar-refractivity contribution in [1.29, 1.82) is 0 Å². The molecule has 26 heavy (non-hydrogen) atoms. The number of anilines is 1. The van der Waals surface area contributed by atoms with Crippen LogP contribution >= 0.6 is 11.3 Å². The summed E-state index contributed by atoms with van der Waals surface area (Å²) in [7, 11) is 0. The average Bonchev–Trinajstić information content (AvgIpc) is 2.97. The van der Waals surface area contributed by atoms with E-state index in [0.29, 0.717) is 22.0 Å². The first-order chi connectivity index (χ1) is 12.5. The highest BCUT2D eigenvalue weighted by Crippen LogP contribution is 2.39. The Morgan fingerprint density at radius 2 is 1.96 bits per heavy atom. The van der Waals surface area contributed by atoms with Crippen LogP contribution in [0.5, 0.6) is 0 Å². The first-order valence-electron chi connectivity index (χ1n) is 8.53. The largest absolute Gasteiger partial charge is 0.365 e. The monoisotopic (exact) mass is 371 g/mol. The van der Waals surface area contributed by atoms with E-state index >= 15 is 0 Å². The summed E-state index contributed by atoms with van der Waals surface area (Å²) in [5.74, 6) is -0.685. The number of rotatable bonds is 5. The van der Waals surface area contributed by atoms with Gasteiger partial charge in [0.25, 0.3) is 11.8 Å². The van der Waals surface area contributed by atoms with Crippen LogP contribution in [0.15, 0.2) is 30.3 Å². The predicted octanol–water partition coefficient (Wildman–Crippen LogP) is 2.34. The summed E-state index contributed by atoms with van der Waals surface area (Å²) in [6.45, 7) is 1.99. The molecular weight excluding hydrogens is 350 g/mol. The van der Waals surface area contributed by atoms with E-state index in [4.69, 9.17) is 5.73 Å². The topological polar surface area (TPSA) is 101 Å².